The van der Waals surface area contributed by atoms with Crippen LogP contribution in [0.2, 0.25) is 0 Å². The molecule has 3 amide bonds. The molecule has 154 valence electrons. The van der Waals surface area contributed by atoms with Gasteiger partial charge in [0, 0.05) is 30.5 Å². The van der Waals surface area contributed by atoms with Crippen LogP contribution in [0.15, 0.2) is 60.0 Å². The Morgan fingerprint density at radius 2 is 1.97 bits per heavy atom. The Hall–Kier alpha value is -3.20. The van der Waals surface area contributed by atoms with Crippen LogP contribution in [0.1, 0.15) is 36.6 Å². The number of thioether (sulfide) groups is 1. The second-order valence-electron chi connectivity index (χ2n) is 6.91. The molecule has 30 heavy (non-hydrogen) atoms. The molecule has 1 unspecified atom stereocenters. The topological polar surface area (TPSA) is 102 Å². The fraction of sp³-hybridized carbons (Fsp3) is 0.286. The number of aromatic nitrogens is 4. The van der Waals surface area contributed by atoms with E-state index in [0.29, 0.717) is 17.7 Å². The Kier molecular flexibility index (Phi) is 6.08. The van der Waals surface area contributed by atoms with Crippen molar-refractivity contribution in [1.29, 1.82) is 0 Å². The van der Waals surface area contributed by atoms with Crippen molar-refractivity contribution in [2.75, 3.05) is 6.54 Å². The molecule has 3 aromatic rings. The largest absolute Gasteiger partial charge is 0.338 e. The summed E-state index contributed by atoms with van der Waals surface area (Å²) in [6.45, 7) is 2.23. The molecule has 2 N–H and O–H groups in total. The summed E-state index contributed by atoms with van der Waals surface area (Å²) in [5.41, 5.74) is 1.67. The molecule has 2 aromatic heterocycles. The van der Waals surface area contributed by atoms with Crippen LogP contribution in [0.5, 0.6) is 0 Å². The number of carbonyl (C=O) groups is 2. The highest BCUT2D eigenvalue weighted by Crippen LogP contribution is 2.44. The molecule has 1 fully saturated rings. The molecule has 1 aliphatic carbocycles. The lowest BCUT2D eigenvalue weighted by Gasteiger charge is -2.17. The number of rotatable bonds is 7. The lowest BCUT2D eigenvalue weighted by Crippen LogP contribution is -2.41. The molecule has 1 atom stereocenters. The van der Waals surface area contributed by atoms with Crippen molar-refractivity contribution in [2.24, 2.45) is 0 Å². The monoisotopic (exact) mass is 422 g/mol. The van der Waals surface area contributed by atoms with Gasteiger partial charge in [0.15, 0.2) is 11.0 Å². The van der Waals surface area contributed by atoms with E-state index in [9.17, 15) is 9.59 Å². The molecule has 0 bridgehead atoms. The predicted molar refractivity (Wildman–Crippen MR) is 114 cm³/mol. The number of pyridine rings is 1. The van der Waals surface area contributed by atoms with Gasteiger partial charge in [0.1, 0.15) is 5.25 Å². The van der Waals surface area contributed by atoms with Crippen LogP contribution in [0.25, 0.3) is 11.4 Å². The van der Waals surface area contributed by atoms with Gasteiger partial charge < -0.3 is 5.32 Å². The third kappa shape index (κ3) is 4.51. The van der Waals surface area contributed by atoms with Gasteiger partial charge in [-0.2, -0.15) is 0 Å². The number of imide groups is 1. The van der Waals surface area contributed by atoms with E-state index in [-0.39, 0.29) is 0 Å². The van der Waals surface area contributed by atoms with Gasteiger partial charge in [0.25, 0.3) is 0 Å². The zero-order valence-electron chi connectivity index (χ0n) is 16.5. The summed E-state index contributed by atoms with van der Waals surface area (Å²) in [6, 6.07) is 13.0. The van der Waals surface area contributed by atoms with Crippen molar-refractivity contribution in [3.05, 3.63) is 60.4 Å². The third-order valence-corrected chi connectivity index (χ3v) is 5.85. The number of hydrogen-bond donors (Lipinski definition) is 2. The smallest absolute Gasteiger partial charge is 0.321 e. The summed E-state index contributed by atoms with van der Waals surface area (Å²) in [5, 5.41) is 13.8. The summed E-state index contributed by atoms with van der Waals surface area (Å²) in [6.07, 6.45) is 5.56. The van der Waals surface area contributed by atoms with Crippen molar-refractivity contribution in [1.82, 2.24) is 30.4 Å². The van der Waals surface area contributed by atoms with E-state index in [1.165, 1.54) is 11.8 Å². The first kappa shape index (κ1) is 20.1. The number of amides is 3. The van der Waals surface area contributed by atoms with Gasteiger partial charge in [0.2, 0.25) is 5.91 Å². The summed E-state index contributed by atoms with van der Waals surface area (Å²) in [4.78, 5) is 29.1. The van der Waals surface area contributed by atoms with E-state index in [4.69, 9.17) is 0 Å². The molecule has 2 heterocycles. The molecule has 1 aromatic carbocycles. The number of nitrogens with one attached hydrogen (secondary N) is 2. The highest BCUT2D eigenvalue weighted by molar-refractivity contribution is 8.00. The molecule has 4 rings (SSSR count). The summed E-state index contributed by atoms with van der Waals surface area (Å²) in [5.74, 6) is 0.342. The summed E-state index contributed by atoms with van der Waals surface area (Å²) >= 11 is 1.30. The highest BCUT2D eigenvalue weighted by atomic mass is 32.2. The Labute approximate surface area is 178 Å². The standard InChI is InChI=1S/C21H22N6O2S/c1-2-23-20(29)24-19(28)17(14-7-4-3-5-8-14)30-21-26-25-18(27(21)16-10-11-16)15-9-6-12-22-13-15/h3-9,12-13,16-17H,2,10-11H2,1H3,(H2,23,24,28,29). The Bertz CT molecular complexity index is 1020. The van der Waals surface area contributed by atoms with Crippen molar-refractivity contribution in [3.63, 3.8) is 0 Å². The highest BCUT2D eigenvalue weighted by Gasteiger charge is 2.33. The molecule has 1 saturated carbocycles. The van der Waals surface area contributed by atoms with E-state index < -0.39 is 17.2 Å². The average molecular weight is 423 g/mol. The van der Waals surface area contributed by atoms with E-state index >= 15 is 0 Å². The van der Waals surface area contributed by atoms with Gasteiger partial charge in [-0.3, -0.25) is 19.7 Å². The minimum Gasteiger partial charge on any atom is -0.338 e. The van der Waals surface area contributed by atoms with Crippen LogP contribution in [0, 0.1) is 0 Å². The molecule has 9 heteroatoms. The first-order valence-electron chi connectivity index (χ1n) is 9.83. The van der Waals surface area contributed by atoms with Crippen molar-refractivity contribution in [2.45, 2.75) is 36.2 Å². The number of carbonyl (C=O) groups excluding carboxylic acids is 2. The normalized spacial score (nSPS) is 14.2. The van der Waals surface area contributed by atoms with E-state index in [1.807, 2.05) is 42.5 Å². The van der Waals surface area contributed by atoms with Gasteiger partial charge in [-0.25, -0.2) is 4.79 Å². The summed E-state index contributed by atoms with van der Waals surface area (Å²) in [7, 11) is 0. The zero-order valence-corrected chi connectivity index (χ0v) is 17.3. The second kappa shape index (κ2) is 9.08. The molecule has 8 nitrogen and oxygen atoms in total. The van der Waals surface area contributed by atoms with Crippen LogP contribution in [0.4, 0.5) is 4.79 Å². The molecular weight excluding hydrogens is 400 g/mol. The van der Waals surface area contributed by atoms with Crippen LogP contribution < -0.4 is 10.6 Å². The van der Waals surface area contributed by atoms with Crippen LogP contribution in [0.3, 0.4) is 0 Å². The fourth-order valence-electron chi connectivity index (χ4n) is 3.10. The lowest BCUT2D eigenvalue weighted by molar-refractivity contribution is -0.119. The van der Waals surface area contributed by atoms with Gasteiger partial charge in [-0.15, -0.1) is 10.2 Å². The molecule has 0 aliphatic heterocycles. The van der Waals surface area contributed by atoms with E-state index in [0.717, 1.165) is 29.8 Å². The number of benzene rings is 1. The van der Waals surface area contributed by atoms with Crippen molar-refractivity contribution < 1.29 is 9.59 Å². The first-order valence-corrected chi connectivity index (χ1v) is 10.7. The molecule has 0 saturated heterocycles. The molecule has 0 spiro atoms. The third-order valence-electron chi connectivity index (χ3n) is 4.63. The maximum atomic E-state index is 12.9. The maximum absolute atomic E-state index is 12.9. The molecule has 1 aliphatic rings. The number of nitrogens with zero attached hydrogens (tertiary/aromatic N) is 4. The molecular formula is C21H22N6O2S. The molecule has 0 radical (unpaired) electrons. The van der Waals surface area contributed by atoms with Gasteiger partial charge >= 0.3 is 6.03 Å². The SMILES string of the molecule is CCNC(=O)NC(=O)C(Sc1nnc(-c2cccnc2)n1C1CC1)c1ccccc1. The maximum Gasteiger partial charge on any atom is 0.321 e. The van der Waals surface area contributed by atoms with Crippen LogP contribution in [-0.4, -0.2) is 38.2 Å². The van der Waals surface area contributed by atoms with Crippen molar-refractivity contribution >= 4 is 23.7 Å². The average Bonchev–Trinajstić information content (AvgIpc) is 3.52. The van der Waals surface area contributed by atoms with Gasteiger partial charge in [-0.1, -0.05) is 42.1 Å². The van der Waals surface area contributed by atoms with E-state index in [1.54, 1.807) is 19.3 Å². The van der Waals surface area contributed by atoms with Crippen LogP contribution in [-0.2, 0) is 4.79 Å². The predicted octanol–water partition coefficient (Wildman–Crippen LogP) is 3.35. The first-order chi connectivity index (χ1) is 14.7. The minimum atomic E-state index is -0.641. The Morgan fingerprint density at radius 3 is 2.63 bits per heavy atom. The second-order valence-corrected chi connectivity index (χ2v) is 7.98. The Morgan fingerprint density at radius 1 is 1.17 bits per heavy atom. The number of hydrogen-bond acceptors (Lipinski definition) is 6. The quantitative estimate of drug-likeness (QED) is 0.566. The van der Waals surface area contributed by atoms with Gasteiger partial charge in [0.05, 0.1) is 0 Å². The number of urea groups is 1. The van der Waals surface area contributed by atoms with Crippen LogP contribution >= 0.6 is 11.8 Å². The minimum absolute atomic E-state index is 0.306. The van der Waals surface area contributed by atoms with Gasteiger partial charge in [-0.05, 0) is 37.5 Å². The van der Waals surface area contributed by atoms with E-state index in [2.05, 4.69) is 30.4 Å². The summed E-state index contributed by atoms with van der Waals surface area (Å²) < 4.78 is 2.08. The lowest BCUT2D eigenvalue weighted by atomic mass is 10.1. The Balaban J connectivity index is 1.66. The zero-order chi connectivity index (χ0) is 20.9. The fourth-order valence-corrected chi connectivity index (χ4v) is 4.21. The van der Waals surface area contributed by atoms with Crippen molar-refractivity contribution in [3.8, 4) is 11.4 Å².